The van der Waals surface area contributed by atoms with E-state index in [1.165, 1.54) is 5.56 Å². The highest BCUT2D eigenvalue weighted by atomic mass is 79.9. The van der Waals surface area contributed by atoms with Gasteiger partial charge in [0.1, 0.15) is 0 Å². The van der Waals surface area contributed by atoms with Gasteiger partial charge in [-0.15, -0.1) is 0 Å². The van der Waals surface area contributed by atoms with E-state index in [2.05, 4.69) is 33.4 Å². The summed E-state index contributed by atoms with van der Waals surface area (Å²) in [6.07, 6.45) is 2.26. The summed E-state index contributed by atoms with van der Waals surface area (Å²) in [5.74, 6) is 0.220. The lowest BCUT2D eigenvalue weighted by Gasteiger charge is -2.37. The molecule has 1 aromatic rings. The molecule has 4 nitrogen and oxygen atoms in total. The lowest BCUT2D eigenvalue weighted by atomic mass is 9.75. The molecule has 0 spiro atoms. The maximum Gasteiger partial charge on any atom is 0.254 e. The van der Waals surface area contributed by atoms with E-state index in [4.69, 9.17) is 4.74 Å². The topological polar surface area (TPSA) is 58.6 Å². The quantitative estimate of drug-likeness (QED) is 0.885. The van der Waals surface area contributed by atoms with Crippen LogP contribution in [-0.2, 0) is 9.53 Å². The molecule has 2 aliphatic rings. The molecule has 3 rings (SSSR count). The third kappa shape index (κ3) is 2.75. The smallest absolute Gasteiger partial charge is 0.254 e. The van der Waals surface area contributed by atoms with Gasteiger partial charge in [0, 0.05) is 16.9 Å². The zero-order chi connectivity index (χ0) is 14.2. The summed E-state index contributed by atoms with van der Waals surface area (Å²) in [6.45, 7) is 0.567. The van der Waals surface area contributed by atoms with E-state index in [1.807, 2.05) is 12.1 Å². The predicted octanol–water partition coefficient (Wildman–Crippen LogP) is 1.96. The highest BCUT2D eigenvalue weighted by molar-refractivity contribution is 9.10. The minimum Gasteiger partial charge on any atom is -0.378 e. The summed E-state index contributed by atoms with van der Waals surface area (Å²) < 4.78 is 6.18. The van der Waals surface area contributed by atoms with E-state index in [-0.39, 0.29) is 18.6 Å². The first-order valence-corrected chi connectivity index (χ1v) is 7.73. The Morgan fingerprint density at radius 1 is 1.35 bits per heavy atom. The number of benzene rings is 1. The molecule has 1 atom stereocenters. The molecular formula is C15H18BrNO3. The fourth-order valence-electron chi connectivity index (χ4n) is 2.80. The van der Waals surface area contributed by atoms with Crippen LogP contribution in [0.15, 0.2) is 28.7 Å². The number of aliphatic hydroxyl groups is 1. The van der Waals surface area contributed by atoms with Crippen LogP contribution in [0.25, 0.3) is 0 Å². The molecule has 0 radical (unpaired) electrons. The number of hydrogen-bond donors (Lipinski definition) is 2. The molecule has 108 valence electrons. The van der Waals surface area contributed by atoms with Crippen LogP contribution in [0.4, 0.5) is 0 Å². The van der Waals surface area contributed by atoms with Crippen LogP contribution in [0, 0.1) is 0 Å². The van der Waals surface area contributed by atoms with Crippen LogP contribution in [-0.4, -0.2) is 35.9 Å². The van der Waals surface area contributed by atoms with Crippen molar-refractivity contribution in [1.82, 2.24) is 5.32 Å². The van der Waals surface area contributed by atoms with Gasteiger partial charge in [0.25, 0.3) is 5.91 Å². The minimum absolute atomic E-state index is 0.113. The van der Waals surface area contributed by atoms with Gasteiger partial charge in [0.05, 0.1) is 13.2 Å². The second-order valence-electron chi connectivity index (χ2n) is 5.72. The molecule has 1 aliphatic heterocycles. The molecular weight excluding hydrogens is 322 g/mol. The Morgan fingerprint density at radius 2 is 2.05 bits per heavy atom. The van der Waals surface area contributed by atoms with E-state index >= 15 is 0 Å². The molecule has 0 bridgehead atoms. The second-order valence-corrected chi connectivity index (χ2v) is 6.64. The lowest BCUT2D eigenvalue weighted by Crippen LogP contribution is -2.53. The fourth-order valence-corrected chi connectivity index (χ4v) is 3.06. The fraction of sp³-hybridized carbons (Fsp3) is 0.533. The summed E-state index contributed by atoms with van der Waals surface area (Å²) >= 11 is 3.43. The molecule has 1 aromatic carbocycles. The molecule has 20 heavy (non-hydrogen) atoms. The summed E-state index contributed by atoms with van der Waals surface area (Å²) in [5.41, 5.74) is -0.00972. The van der Waals surface area contributed by atoms with Gasteiger partial charge in [-0.1, -0.05) is 28.1 Å². The highest BCUT2D eigenvalue weighted by Crippen LogP contribution is 2.37. The maximum absolute atomic E-state index is 12.0. The average Bonchev–Trinajstić information content (AvgIpc) is 2.83. The average molecular weight is 340 g/mol. The van der Waals surface area contributed by atoms with Crippen LogP contribution in [0.5, 0.6) is 0 Å². The van der Waals surface area contributed by atoms with Crippen LogP contribution in [0.1, 0.15) is 30.7 Å². The first-order chi connectivity index (χ1) is 9.57. The molecule has 1 aliphatic carbocycles. The van der Waals surface area contributed by atoms with Crippen molar-refractivity contribution in [2.45, 2.75) is 36.8 Å². The zero-order valence-electron chi connectivity index (χ0n) is 11.1. The largest absolute Gasteiger partial charge is 0.378 e. The summed E-state index contributed by atoms with van der Waals surface area (Å²) in [7, 11) is 0. The number of carbonyl (C=O) groups excluding carboxylic acids is 1. The van der Waals surface area contributed by atoms with Crippen LogP contribution >= 0.6 is 15.9 Å². The van der Waals surface area contributed by atoms with Crippen molar-refractivity contribution in [3.8, 4) is 0 Å². The van der Waals surface area contributed by atoms with Gasteiger partial charge in [-0.3, -0.25) is 4.79 Å². The predicted molar refractivity (Wildman–Crippen MR) is 78.4 cm³/mol. The van der Waals surface area contributed by atoms with Gasteiger partial charge >= 0.3 is 0 Å². The maximum atomic E-state index is 12.0. The molecule has 1 saturated carbocycles. The van der Waals surface area contributed by atoms with Gasteiger partial charge in [0.2, 0.25) is 0 Å². The number of hydrogen-bond acceptors (Lipinski definition) is 3. The summed E-state index contributed by atoms with van der Waals surface area (Å²) in [6, 6.07) is 8.48. The van der Waals surface area contributed by atoms with Crippen molar-refractivity contribution >= 4 is 21.8 Å². The Hall–Kier alpha value is -0.910. The van der Waals surface area contributed by atoms with E-state index in [1.54, 1.807) is 0 Å². The third-order valence-electron chi connectivity index (χ3n) is 4.24. The van der Waals surface area contributed by atoms with Crippen LogP contribution in [0.2, 0.25) is 0 Å². The SMILES string of the molecule is O=C(NC1CC(c2ccc(Br)cc2)C1)C1(O)CCOC1. The summed E-state index contributed by atoms with van der Waals surface area (Å²) in [4.78, 5) is 12.0. The number of nitrogens with one attached hydrogen (secondary N) is 1. The molecule has 2 fully saturated rings. The minimum atomic E-state index is -1.32. The second kappa shape index (κ2) is 5.47. The van der Waals surface area contributed by atoms with E-state index in [9.17, 15) is 9.90 Å². The third-order valence-corrected chi connectivity index (χ3v) is 4.77. The van der Waals surface area contributed by atoms with Crippen molar-refractivity contribution in [2.75, 3.05) is 13.2 Å². The standard InChI is InChI=1S/C15H18BrNO3/c16-12-3-1-10(2-4-12)11-7-13(8-11)17-14(18)15(19)5-6-20-9-15/h1-4,11,13,19H,5-9H2,(H,17,18). The highest BCUT2D eigenvalue weighted by Gasteiger charge is 2.42. The number of amides is 1. The van der Waals surface area contributed by atoms with E-state index in [0.717, 1.165) is 17.3 Å². The van der Waals surface area contributed by atoms with Crippen molar-refractivity contribution < 1.29 is 14.6 Å². The van der Waals surface area contributed by atoms with E-state index < -0.39 is 5.60 Å². The lowest BCUT2D eigenvalue weighted by molar-refractivity contribution is -0.141. The monoisotopic (exact) mass is 339 g/mol. The molecule has 2 N–H and O–H groups in total. The van der Waals surface area contributed by atoms with Crippen molar-refractivity contribution in [1.29, 1.82) is 0 Å². The number of rotatable bonds is 3. The van der Waals surface area contributed by atoms with E-state index in [0.29, 0.717) is 18.9 Å². The Morgan fingerprint density at radius 3 is 2.65 bits per heavy atom. The van der Waals surface area contributed by atoms with Gasteiger partial charge < -0.3 is 15.2 Å². The first-order valence-electron chi connectivity index (χ1n) is 6.93. The molecule has 1 heterocycles. The van der Waals surface area contributed by atoms with Crippen LogP contribution < -0.4 is 5.32 Å². The van der Waals surface area contributed by atoms with Crippen molar-refractivity contribution in [2.24, 2.45) is 0 Å². The van der Waals surface area contributed by atoms with Crippen LogP contribution in [0.3, 0.4) is 0 Å². The Balaban J connectivity index is 1.51. The Bertz CT molecular complexity index is 490. The van der Waals surface area contributed by atoms with Crippen molar-refractivity contribution in [3.05, 3.63) is 34.3 Å². The number of carbonyl (C=O) groups is 1. The normalized spacial score (nSPS) is 32.7. The molecule has 0 aromatic heterocycles. The number of ether oxygens (including phenoxy) is 1. The molecule has 1 unspecified atom stereocenters. The first kappa shape index (κ1) is 14.0. The molecule has 1 saturated heterocycles. The molecule has 5 heteroatoms. The number of halogens is 1. The summed E-state index contributed by atoms with van der Waals surface area (Å²) in [5, 5.41) is 13.0. The zero-order valence-corrected chi connectivity index (χ0v) is 12.7. The Kier molecular flexibility index (Phi) is 3.84. The molecule has 1 amide bonds. The Labute approximate surface area is 126 Å². The van der Waals surface area contributed by atoms with Crippen molar-refractivity contribution in [3.63, 3.8) is 0 Å². The van der Waals surface area contributed by atoms with Gasteiger partial charge in [0.15, 0.2) is 5.60 Å². The van der Waals surface area contributed by atoms with Gasteiger partial charge in [-0.2, -0.15) is 0 Å². The van der Waals surface area contributed by atoms with Gasteiger partial charge in [-0.05, 0) is 36.5 Å². The van der Waals surface area contributed by atoms with Gasteiger partial charge in [-0.25, -0.2) is 0 Å².